The van der Waals surface area contributed by atoms with Gasteiger partial charge in [-0.2, -0.15) is 4.98 Å². The van der Waals surface area contributed by atoms with Crippen LogP contribution < -0.4 is 0 Å². The van der Waals surface area contributed by atoms with Crippen LogP contribution >= 0.6 is 11.3 Å². The summed E-state index contributed by atoms with van der Waals surface area (Å²) >= 11 is 1.49. The number of likely N-dealkylation sites (tertiary alicyclic amines) is 1. The fraction of sp³-hybridized carbons (Fsp3) is 0.240. The molecule has 5 nitrogen and oxygen atoms in total. The lowest BCUT2D eigenvalue weighted by Gasteiger charge is -2.30. The highest BCUT2D eigenvalue weighted by molar-refractivity contribution is 7.12. The molecule has 31 heavy (non-hydrogen) atoms. The van der Waals surface area contributed by atoms with Gasteiger partial charge in [0.2, 0.25) is 5.89 Å². The molecule has 2 aromatic carbocycles. The molecular formula is C25H23N3O2S. The van der Waals surface area contributed by atoms with Crippen LogP contribution in [-0.4, -0.2) is 34.0 Å². The standard InChI is InChI=1S/C25H23N3O2S/c29-25(21-12-7-17-31-21)28-15-13-20(14-16-28)24-26-23(27-30-24)22(18-8-3-1-4-9-18)19-10-5-2-6-11-19/h1-12,17,20,22H,13-16H2. The Morgan fingerprint density at radius 3 is 2.16 bits per heavy atom. The van der Waals surface area contributed by atoms with E-state index in [1.807, 2.05) is 58.8 Å². The highest BCUT2D eigenvalue weighted by Crippen LogP contribution is 2.33. The molecule has 0 spiro atoms. The van der Waals surface area contributed by atoms with Crippen LogP contribution in [0.25, 0.3) is 0 Å². The van der Waals surface area contributed by atoms with Gasteiger partial charge >= 0.3 is 0 Å². The molecule has 0 radical (unpaired) electrons. The summed E-state index contributed by atoms with van der Waals surface area (Å²) in [4.78, 5) is 20.1. The van der Waals surface area contributed by atoms with Gasteiger partial charge in [-0.05, 0) is 35.4 Å². The average molecular weight is 430 g/mol. The molecule has 3 heterocycles. The number of amides is 1. The number of thiophene rings is 1. The van der Waals surface area contributed by atoms with Crippen LogP contribution in [0.1, 0.15) is 57.2 Å². The molecule has 1 saturated heterocycles. The lowest BCUT2D eigenvalue weighted by Crippen LogP contribution is -2.37. The molecule has 0 N–H and O–H groups in total. The first-order valence-electron chi connectivity index (χ1n) is 10.6. The Morgan fingerprint density at radius 1 is 0.935 bits per heavy atom. The first-order valence-corrected chi connectivity index (χ1v) is 11.4. The van der Waals surface area contributed by atoms with Crippen molar-refractivity contribution in [3.8, 4) is 0 Å². The van der Waals surface area contributed by atoms with Crippen LogP contribution in [0.15, 0.2) is 82.7 Å². The number of rotatable bonds is 5. The van der Waals surface area contributed by atoms with E-state index in [1.165, 1.54) is 11.3 Å². The smallest absolute Gasteiger partial charge is 0.263 e. The molecule has 1 aliphatic rings. The van der Waals surface area contributed by atoms with Crippen molar-refractivity contribution < 1.29 is 9.32 Å². The van der Waals surface area contributed by atoms with E-state index in [4.69, 9.17) is 9.51 Å². The van der Waals surface area contributed by atoms with Crippen LogP contribution in [0.5, 0.6) is 0 Å². The van der Waals surface area contributed by atoms with Crippen molar-refractivity contribution in [3.63, 3.8) is 0 Å². The number of nitrogens with zero attached hydrogens (tertiary/aromatic N) is 3. The van der Waals surface area contributed by atoms with Gasteiger partial charge in [0.05, 0.1) is 10.8 Å². The molecule has 0 saturated carbocycles. The summed E-state index contributed by atoms with van der Waals surface area (Å²) in [6.07, 6.45) is 1.67. The molecule has 6 heteroatoms. The molecule has 1 aliphatic heterocycles. The van der Waals surface area contributed by atoms with Gasteiger partial charge in [-0.3, -0.25) is 4.79 Å². The minimum absolute atomic E-state index is 0.0691. The number of hydrogen-bond donors (Lipinski definition) is 0. The van der Waals surface area contributed by atoms with Gasteiger partial charge in [0.1, 0.15) is 0 Å². The normalized spacial score (nSPS) is 14.8. The maximum absolute atomic E-state index is 12.6. The van der Waals surface area contributed by atoms with Crippen molar-refractivity contribution in [3.05, 3.63) is 106 Å². The predicted octanol–water partition coefficient (Wildman–Crippen LogP) is 5.33. The van der Waals surface area contributed by atoms with E-state index < -0.39 is 0 Å². The number of hydrogen-bond acceptors (Lipinski definition) is 5. The Hall–Kier alpha value is -3.25. The topological polar surface area (TPSA) is 59.2 Å². The highest BCUT2D eigenvalue weighted by atomic mass is 32.1. The van der Waals surface area contributed by atoms with Crippen LogP contribution in [0, 0.1) is 0 Å². The Balaban J connectivity index is 1.34. The second kappa shape index (κ2) is 8.86. The van der Waals surface area contributed by atoms with Gasteiger partial charge in [0, 0.05) is 19.0 Å². The SMILES string of the molecule is O=C(c1cccs1)N1CCC(c2nc(C(c3ccccc3)c3ccccc3)no2)CC1. The molecule has 0 atom stereocenters. The molecule has 2 aromatic heterocycles. The Kier molecular flexibility index (Phi) is 5.63. The fourth-order valence-corrected chi connectivity index (χ4v) is 4.89. The van der Waals surface area contributed by atoms with Crippen molar-refractivity contribution in [2.24, 2.45) is 0 Å². The minimum atomic E-state index is -0.0691. The van der Waals surface area contributed by atoms with Crippen molar-refractivity contribution >= 4 is 17.2 Å². The Morgan fingerprint density at radius 2 is 1.58 bits per heavy atom. The molecule has 0 bridgehead atoms. The third-order valence-electron chi connectivity index (χ3n) is 5.84. The van der Waals surface area contributed by atoms with Crippen molar-refractivity contribution in [1.29, 1.82) is 0 Å². The summed E-state index contributed by atoms with van der Waals surface area (Å²) in [5, 5.41) is 6.31. The second-order valence-electron chi connectivity index (χ2n) is 7.79. The third kappa shape index (κ3) is 4.16. The summed E-state index contributed by atoms with van der Waals surface area (Å²) in [6.45, 7) is 1.42. The van der Waals surface area contributed by atoms with E-state index in [2.05, 4.69) is 29.4 Å². The molecule has 1 fully saturated rings. The van der Waals surface area contributed by atoms with Gasteiger partial charge in [0.25, 0.3) is 5.91 Å². The molecular weight excluding hydrogens is 406 g/mol. The van der Waals surface area contributed by atoms with Crippen molar-refractivity contribution in [2.45, 2.75) is 24.7 Å². The lowest BCUT2D eigenvalue weighted by molar-refractivity contribution is 0.0709. The minimum Gasteiger partial charge on any atom is -0.339 e. The van der Waals surface area contributed by atoms with E-state index >= 15 is 0 Å². The fourth-order valence-electron chi connectivity index (χ4n) is 4.20. The first-order chi connectivity index (χ1) is 15.3. The number of carbonyl (C=O) groups is 1. The van der Waals surface area contributed by atoms with Crippen molar-refractivity contribution in [2.75, 3.05) is 13.1 Å². The third-order valence-corrected chi connectivity index (χ3v) is 6.70. The summed E-state index contributed by atoms with van der Waals surface area (Å²) in [5.74, 6) is 1.59. The number of piperidine rings is 1. The zero-order valence-corrected chi connectivity index (χ0v) is 17.9. The number of carbonyl (C=O) groups excluding carboxylic acids is 1. The highest BCUT2D eigenvalue weighted by Gasteiger charge is 2.30. The summed E-state index contributed by atoms with van der Waals surface area (Å²) in [7, 11) is 0. The zero-order valence-electron chi connectivity index (χ0n) is 17.1. The molecule has 5 rings (SSSR count). The van der Waals surface area contributed by atoms with E-state index in [-0.39, 0.29) is 17.7 Å². The quantitative estimate of drug-likeness (QED) is 0.430. The number of benzene rings is 2. The van der Waals surface area contributed by atoms with Crippen LogP contribution in [0.2, 0.25) is 0 Å². The van der Waals surface area contributed by atoms with Gasteiger partial charge in [-0.25, -0.2) is 0 Å². The predicted molar refractivity (Wildman–Crippen MR) is 120 cm³/mol. The first kappa shape index (κ1) is 19.7. The maximum Gasteiger partial charge on any atom is 0.263 e. The van der Waals surface area contributed by atoms with Gasteiger partial charge in [-0.15, -0.1) is 11.3 Å². The summed E-state index contributed by atoms with van der Waals surface area (Å²) < 4.78 is 5.73. The Bertz CT molecular complexity index is 1080. The molecule has 156 valence electrons. The number of aromatic nitrogens is 2. The van der Waals surface area contributed by atoms with Gasteiger partial charge in [0.15, 0.2) is 5.82 Å². The zero-order chi connectivity index (χ0) is 21.0. The van der Waals surface area contributed by atoms with E-state index in [1.54, 1.807) is 0 Å². The molecule has 4 aromatic rings. The van der Waals surface area contributed by atoms with Gasteiger partial charge in [-0.1, -0.05) is 71.9 Å². The van der Waals surface area contributed by atoms with Crippen LogP contribution in [0.3, 0.4) is 0 Å². The van der Waals surface area contributed by atoms with E-state index in [0.29, 0.717) is 24.8 Å². The maximum atomic E-state index is 12.6. The van der Waals surface area contributed by atoms with Crippen molar-refractivity contribution in [1.82, 2.24) is 15.0 Å². The average Bonchev–Trinajstić information content (AvgIpc) is 3.54. The molecule has 1 amide bonds. The van der Waals surface area contributed by atoms with E-state index in [0.717, 1.165) is 28.8 Å². The summed E-state index contributed by atoms with van der Waals surface area (Å²) in [5.41, 5.74) is 2.27. The molecule has 0 unspecified atom stereocenters. The lowest BCUT2D eigenvalue weighted by atomic mass is 9.90. The van der Waals surface area contributed by atoms with Crippen LogP contribution in [0.4, 0.5) is 0 Å². The van der Waals surface area contributed by atoms with Crippen LogP contribution in [-0.2, 0) is 0 Å². The monoisotopic (exact) mass is 429 g/mol. The van der Waals surface area contributed by atoms with E-state index in [9.17, 15) is 4.79 Å². The van der Waals surface area contributed by atoms with Gasteiger partial charge < -0.3 is 9.42 Å². The Labute approximate surface area is 185 Å². The largest absolute Gasteiger partial charge is 0.339 e. The molecule has 0 aliphatic carbocycles. The second-order valence-corrected chi connectivity index (χ2v) is 8.74. The summed E-state index contributed by atoms with van der Waals surface area (Å²) in [6, 6.07) is 24.4.